The van der Waals surface area contributed by atoms with Crippen LogP contribution >= 0.6 is 24.0 Å². The molecule has 0 aliphatic carbocycles. The van der Waals surface area contributed by atoms with Crippen molar-refractivity contribution in [3.8, 4) is 0 Å². The van der Waals surface area contributed by atoms with Gasteiger partial charge in [-0.2, -0.15) is 0 Å². The molecule has 9 heteroatoms. The standard InChI is InChI=1S/C21H31N7O.HI/c1-5-20(29)28-12-11-18(14-28)24-21(22-13-19-26-25-16(3)27(19)4)23-15(2)17-9-7-6-8-10-17;/h6-10,15,18H,5,11-14H2,1-4H3,(H2,22,23,24);1H. The zero-order valence-electron chi connectivity index (χ0n) is 18.1. The summed E-state index contributed by atoms with van der Waals surface area (Å²) in [5, 5.41) is 15.3. The van der Waals surface area contributed by atoms with E-state index in [1.54, 1.807) is 0 Å². The van der Waals surface area contributed by atoms with Crippen LogP contribution < -0.4 is 10.6 Å². The van der Waals surface area contributed by atoms with E-state index in [4.69, 9.17) is 4.99 Å². The molecule has 1 aromatic carbocycles. The minimum Gasteiger partial charge on any atom is -0.352 e. The quantitative estimate of drug-likeness (QED) is 0.344. The first-order chi connectivity index (χ1) is 14.0. The number of guanidine groups is 1. The van der Waals surface area contributed by atoms with Gasteiger partial charge in [0.15, 0.2) is 11.8 Å². The molecule has 1 saturated heterocycles. The van der Waals surface area contributed by atoms with Crippen LogP contribution in [0.3, 0.4) is 0 Å². The summed E-state index contributed by atoms with van der Waals surface area (Å²) >= 11 is 0. The second-order valence-electron chi connectivity index (χ2n) is 7.49. The van der Waals surface area contributed by atoms with Gasteiger partial charge >= 0.3 is 0 Å². The molecule has 0 bridgehead atoms. The number of hydrogen-bond donors (Lipinski definition) is 2. The van der Waals surface area contributed by atoms with E-state index in [0.717, 1.165) is 30.6 Å². The largest absolute Gasteiger partial charge is 0.352 e. The summed E-state index contributed by atoms with van der Waals surface area (Å²) in [5.74, 6) is 2.59. The summed E-state index contributed by atoms with van der Waals surface area (Å²) in [6, 6.07) is 10.5. The Kier molecular flexibility index (Phi) is 9.07. The molecule has 30 heavy (non-hydrogen) atoms. The highest BCUT2D eigenvalue weighted by molar-refractivity contribution is 14.0. The van der Waals surface area contributed by atoms with Gasteiger partial charge in [-0.25, -0.2) is 4.99 Å². The van der Waals surface area contributed by atoms with Crippen LogP contribution in [-0.2, 0) is 18.4 Å². The molecule has 1 aliphatic heterocycles. The lowest BCUT2D eigenvalue weighted by Gasteiger charge is -2.22. The van der Waals surface area contributed by atoms with Crippen molar-refractivity contribution in [2.75, 3.05) is 13.1 Å². The maximum Gasteiger partial charge on any atom is 0.222 e. The van der Waals surface area contributed by atoms with Crippen LogP contribution in [0.15, 0.2) is 35.3 Å². The average molecular weight is 525 g/mol. The second kappa shape index (κ2) is 11.3. The van der Waals surface area contributed by atoms with E-state index < -0.39 is 0 Å². The third-order valence-electron chi connectivity index (χ3n) is 5.40. The predicted molar refractivity (Wildman–Crippen MR) is 129 cm³/mol. The van der Waals surface area contributed by atoms with Gasteiger partial charge in [-0.3, -0.25) is 4.79 Å². The van der Waals surface area contributed by atoms with E-state index in [1.807, 2.05) is 48.6 Å². The number of likely N-dealkylation sites (tertiary alicyclic amines) is 1. The monoisotopic (exact) mass is 525 g/mol. The molecule has 1 amide bonds. The van der Waals surface area contributed by atoms with Crippen LogP contribution in [0.25, 0.3) is 0 Å². The Balaban J connectivity index is 0.00000320. The predicted octanol–water partition coefficient (Wildman–Crippen LogP) is 2.55. The third kappa shape index (κ3) is 6.16. The van der Waals surface area contributed by atoms with Gasteiger partial charge in [-0.05, 0) is 25.8 Å². The Morgan fingerprint density at radius 2 is 2.03 bits per heavy atom. The fraction of sp³-hybridized carbons (Fsp3) is 0.524. The number of nitrogens with zero attached hydrogens (tertiary/aromatic N) is 5. The number of aryl methyl sites for hydroxylation is 1. The Bertz CT molecular complexity index is 852. The molecule has 1 aromatic heterocycles. The van der Waals surface area contributed by atoms with Gasteiger partial charge in [0, 0.05) is 32.6 Å². The molecule has 1 aliphatic rings. The fourth-order valence-electron chi connectivity index (χ4n) is 3.42. The molecule has 164 valence electrons. The summed E-state index contributed by atoms with van der Waals surface area (Å²) in [6.45, 7) is 7.86. The van der Waals surface area contributed by atoms with E-state index in [9.17, 15) is 4.79 Å². The van der Waals surface area contributed by atoms with Crippen molar-refractivity contribution in [2.45, 2.75) is 52.2 Å². The number of hydrogen-bond acceptors (Lipinski definition) is 4. The second-order valence-corrected chi connectivity index (χ2v) is 7.49. The van der Waals surface area contributed by atoms with Gasteiger partial charge < -0.3 is 20.1 Å². The van der Waals surface area contributed by atoms with Gasteiger partial charge in [0.2, 0.25) is 5.91 Å². The first-order valence-electron chi connectivity index (χ1n) is 10.2. The summed E-state index contributed by atoms with van der Waals surface area (Å²) in [5.41, 5.74) is 1.19. The number of amides is 1. The van der Waals surface area contributed by atoms with E-state index in [0.29, 0.717) is 19.5 Å². The number of carbonyl (C=O) groups is 1. The zero-order chi connectivity index (χ0) is 20.8. The first kappa shape index (κ1) is 24.1. The van der Waals surface area contributed by atoms with Gasteiger partial charge in [0.05, 0.1) is 6.04 Å². The van der Waals surface area contributed by atoms with Crippen LogP contribution in [-0.4, -0.2) is 50.7 Å². The number of aliphatic imine (C=N–C) groups is 1. The molecule has 2 unspecified atom stereocenters. The molecular weight excluding hydrogens is 493 g/mol. The highest BCUT2D eigenvalue weighted by atomic mass is 127. The highest BCUT2D eigenvalue weighted by Crippen LogP contribution is 2.13. The molecular formula is C21H32IN7O. The fourth-order valence-corrected chi connectivity index (χ4v) is 3.42. The van der Waals surface area contributed by atoms with Gasteiger partial charge in [-0.15, -0.1) is 34.2 Å². The summed E-state index contributed by atoms with van der Waals surface area (Å²) in [7, 11) is 1.94. The molecule has 1 fully saturated rings. The van der Waals surface area contributed by atoms with Gasteiger partial charge in [0.1, 0.15) is 12.4 Å². The average Bonchev–Trinajstić information content (AvgIpc) is 3.33. The maximum atomic E-state index is 12.0. The molecule has 0 radical (unpaired) electrons. The molecule has 0 saturated carbocycles. The molecule has 2 N–H and O–H groups in total. The van der Waals surface area contributed by atoms with Crippen molar-refractivity contribution in [1.82, 2.24) is 30.3 Å². The minimum atomic E-state index is 0. The van der Waals surface area contributed by atoms with Crippen molar-refractivity contribution in [2.24, 2.45) is 12.0 Å². The van der Waals surface area contributed by atoms with E-state index >= 15 is 0 Å². The van der Waals surface area contributed by atoms with Crippen LogP contribution in [0.1, 0.15) is 49.9 Å². The number of benzene rings is 1. The Labute approximate surface area is 195 Å². The van der Waals surface area contributed by atoms with Crippen molar-refractivity contribution >= 4 is 35.8 Å². The lowest BCUT2D eigenvalue weighted by Crippen LogP contribution is -2.45. The Morgan fingerprint density at radius 3 is 2.67 bits per heavy atom. The topological polar surface area (TPSA) is 87.4 Å². The van der Waals surface area contributed by atoms with Gasteiger partial charge in [0.25, 0.3) is 0 Å². The SMILES string of the molecule is CCC(=O)N1CCC(NC(=NCc2nnc(C)n2C)NC(C)c2ccccc2)C1.I. The van der Waals surface area contributed by atoms with Crippen molar-refractivity contribution < 1.29 is 4.79 Å². The lowest BCUT2D eigenvalue weighted by atomic mass is 10.1. The number of aromatic nitrogens is 3. The first-order valence-corrected chi connectivity index (χ1v) is 10.2. The van der Waals surface area contributed by atoms with Gasteiger partial charge in [-0.1, -0.05) is 37.3 Å². The summed E-state index contributed by atoms with van der Waals surface area (Å²) in [6.07, 6.45) is 1.46. The highest BCUT2D eigenvalue weighted by Gasteiger charge is 2.26. The van der Waals surface area contributed by atoms with Crippen LogP contribution in [0.2, 0.25) is 0 Å². The molecule has 3 rings (SSSR count). The Morgan fingerprint density at radius 1 is 1.30 bits per heavy atom. The van der Waals surface area contributed by atoms with Crippen LogP contribution in [0.5, 0.6) is 0 Å². The Hall–Kier alpha value is -2.17. The molecule has 2 aromatic rings. The molecule has 2 heterocycles. The van der Waals surface area contributed by atoms with E-state index in [2.05, 4.69) is 39.9 Å². The molecule has 2 atom stereocenters. The maximum absolute atomic E-state index is 12.0. The molecule has 8 nitrogen and oxygen atoms in total. The van der Waals surface area contributed by atoms with Crippen LogP contribution in [0, 0.1) is 6.92 Å². The van der Waals surface area contributed by atoms with Crippen molar-refractivity contribution in [3.63, 3.8) is 0 Å². The van der Waals surface area contributed by atoms with Crippen molar-refractivity contribution in [3.05, 3.63) is 47.5 Å². The lowest BCUT2D eigenvalue weighted by molar-refractivity contribution is -0.129. The number of nitrogens with one attached hydrogen (secondary N) is 2. The number of halogens is 1. The van der Waals surface area contributed by atoms with Crippen LogP contribution in [0.4, 0.5) is 0 Å². The normalized spacial score (nSPS) is 17.4. The number of carbonyl (C=O) groups excluding carboxylic acids is 1. The minimum absolute atomic E-state index is 0. The zero-order valence-corrected chi connectivity index (χ0v) is 20.5. The molecule has 0 spiro atoms. The summed E-state index contributed by atoms with van der Waals surface area (Å²) < 4.78 is 1.94. The number of rotatable bonds is 6. The summed E-state index contributed by atoms with van der Waals surface area (Å²) in [4.78, 5) is 18.7. The third-order valence-corrected chi connectivity index (χ3v) is 5.40. The van der Waals surface area contributed by atoms with E-state index in [-0.39, 0.29) is 42.0 Å². The smallest absolute Gasteiger partial charge is 0.222 e. The van der Waals surface area contributed by atoms with Crippen molar-refractivity contribution in [1.29, 1.82) is 0 Å². The van der Waals surface area contributed by atoms with E-state index in [1.165, 1.54) is 5.56 Å².